The number of nitrogens with two attached hydrogens (primary N) is 1. The maximum absolute atomic E-state index is 6.09. The Morgan fingerprint density at radius 1 is 1.79 bits per heavy atom. The van der Waals surface area contributed by atoms with Gasteiger partial charge in [0.05, 0.1) is 36.3 Å². The first-order chi connectivity index (χ1) is 6.75. The normalized spacial score (nSPS) is 29.3. The van der Waals surface area contributed by atoms with Gasteiger partial charge in [0.1, 0.15) is 0 Å². The Hall–Kier alpha value is -0.520. The topological polar surface area (TPSA) is 61.0 Å². The third-order valence-electron chi connectivity index (χ3n) is 2.69. The number of nitrogens with zero attached hydrogens (tertiary/aromatic N) is 2. The minimum atomic E-state index is 0.156. The van der Waals surface area contributed by atoms with E-state index in [-0.39, 0.29) is 6.04 Å². The summed E-state index contributed by atoms with van der Waals surface area (Å²) in [5, 5.41) is 0. The first-order valence-corrected chi connectivity index (χ1v) is 5.62. The third-order valence-corrected chi connectivity index (χ3v) is 3.20. The minimum Gasteiger partial charge on any atom is -0.378 e. The van der Waals surface area contributed by atoms with Crippen LogP contribution in [0.2, 0.25) is 0 Å². The Morgan fingerprint density at radius 2 is 2.64 bits per heavy atom. The molecule has 1 aromatic heterocycles. The zero-order valence-corrected chi connectivity index (χ0v) is 9.04. The Bertz CT molecular complexity index is 278. The number of ether oxygens (including phenoxy) is 1. The molecule has 1 fully saturated rings. The Morgan fingerprint density at radius 3 is 3.21 bits per heavy atom. The first kappa shape index (κ1) is 10.0. The van der Waals surface area contributed by atoms with E-state index in [0.29, 0.717) is 12.0 Å². The maximum atomic E-state index is 6.09. The monoisotopic (exact) mass is 213 g/mol. The van der Waals surface area contributed by atoms with Crippen LogP contribution in [0.5, 0.6) is 0 Å². The second-order valence-electron chi connectivity index (χ2n) is 3.91. The molecule has 0 spiro atoms. The zero-order chi connectivity index (χ0) is 9.97. The van der Waals surface area contributed by atoms with Gasteiger partial charge in [0, 0.05) is 18.4 Å². The fourth-order valence-corrected chi connectivity index (χ4v) is 2.27. The molecule has 0 radical (unpaired) electrons. The fourth-order valence-electron chi connectivity index (χ4n) is 1.83. The van der Waals surface area contributed by atoms with Gasteiger partial charge in [0.25, 0.3) is 0 Å². The second kappa shape index (κ2) is 4.33. The zero-order valence-electron chi connectivity index (χ0n) is 8.22. The molecule has 4 nitrogen and oxygen atoms in total. The highest BCUT2D eigenvalue weighted by Gasteiger charge is 2.27. The van der Waals surface area contributed by atoms with E-state index in [1.165, 1.54) is 11.7 Å². The molecule has 2 N–H and O–H groups in total. The lowest BCUT2D eigenvalue weighted by atomic mass is 9.94. The molecular formula is C9H15N3OS. The van der Waals surface area contributed by atoms with Crippen LogP contribution in [0, 0.1) is 5.92 Å². The average molecular weight is 213 g/mol. The predicted molar refractivity (Wildman–Crippen MR) is 55.1 cm³/mol. The van der Waals surface area contributed by atoms with Gasteiger partial charge in [0.15, 0.2) is 0 Å². The van der Waals surface area contributed by atoms with Crippen LogP contribution in [-0.2, 0) is 11.2 Å². The van der Waals surface area contributed by atoms with Gasteiger partial charge >= 0.3 is 0 Å². The van der Waals surface area contributed by atoms with Crippen molar-refractivity contribution < 1.29 is 4.74 Å². The molecular weight excluding hydrogens is 198 g/mol. The Balaban J connectivity index is 1.87. The van der Waals surface area contributed by atoms with Gasteiger partial charge in [-0.25, -0.2) is 0 Å². The van der Waals surface area contributed by atoms with Gasteiger partial charge in [-0.05, 0) is 13.3 Å². The SMILES string of the molecule is CC1CC(C(N)Cc2cnsn2)CO1. The molecule has 0 amide bonds. The van der Waals surface area contributed by atoms with Crippen molar-refractivity contribution in [2.45, 2.75) is 31.9 Å². The highest BCUT2D eigenvalue weighted by Crippen LogP contribution is 2.22. The van der Waals surface area contributed by atoms with Crippen LogP contribution in [0.4, 0.5) is 0 Å². The number of aromatic nitrogens is 2. The Kier molecular flexibility index (Phi) is 3.10. The second-order valence-corrected chi connectivity index (χ2v) is 4.46. The van der Waals surface area contributed by atoms with E-state index in [4.69, 9.17) is 10.5 Å². The predicted octanol–water partition coefficient (Wildman–Crippen LogP) is 0.833. The van der Waals surface area contributed by atoms with Crippen molar-refractivity contribution in [2.24, 2.45) is 11.7 Å². The van der Waals surface area contributed by atoms with E-state index >= 15 is 0 Å². The molecule has 3 unspecified atom stereocenters. The van der Waals surface area contributed by atoms with Crippen molar-refractivity contribution in [1.82, 2.24) is 8.75 Å². The van der Waals surface area contributed by atoms with Crippen molar-refractivity contribution in [3.63, 3.8) is 0 Å². The van der Waals surface area contributed by atoms with Crippen LogP contribution in [0.25, 0.3) is 0 Å². The molecule has 2 heterocycles. The molecule has 0 bridgehead atoms. The van der Waals surface area contributed by atoms with Crippen LogP contribution >= 0.6 is 11.7 Å². The largest absolute Gasteiger partial charge is 0.378 e. The lowest BCUT2D eigenvalue weighted by molar-refractivity contribution is 0.118. The minimum absolute atomic E-state index is 0.156. The molecule has 0 aromatic carbocycles. The summed E-state index contributed by atoms with van der Waals surface area (Å²) in [7, 11) is 0. The summed E-state index contributed by atoms with van der Waals surface area (Å²) in [5.41, 5.74) is 7.09. The number of rotatable bonds is 3. The van der Waals surface area contributed by atoms with Gasteiger partial charge in [-0.1, -0.05) is 0 Å². The highest BCUT2D eigenvalue weighted by atomic mass is 32.1. The maximum Gasteiger partial charge on any atom is 0.0758 e. The van der Waals surface area contributed by atoms with E-state index in [2.05, 4.69) is 15.7 Å². The molecule has 1 aliphatic heterocycles. The summed E-state index contributed by atoms with van der Waals surface area (Å²) in [6.07, 6.45) is 4.04. The van der Waals surface area contributed by atoms with Gasteiger partial charge < -0.3 is 10.5 Å². The summed E-state index contributed by atoms with van der Waals surface area (Å²) in [6, 6.07) is 0.156. The molecule has 78 valence electrons. The van der Waals surface area contributed by atoms with E-state index in [9.17, 15) is 0 Å². The third kappa shape index (κ3) is 2.29. The van der Waals surface area contributed by atoms with Gasteiger partial charge in [-0.15, -0.1) is 0 Å². The standard InChI is InChI=1S/C9H15N3OS/c1-6-2-7(5-13-6)9(10)3-8-4-11-14-12-8/h4,6-7,9H,2-3,5,10H2,1H3. The van der Waals surface area contributed by atoms with E-state index in [1.807, 2.05) is 0 Å². The number of hydrogen-bond acceptors (Lipinski definition) is 5. The van der Waals surface area contributed by atoms with Crippen LogP contribution in [0.15, 0.2) is 6.20 Å². The molecule has 3 atom stereocenters. The van der Waals surface area contributed by atoms with Crippen LogP contribution < -0.4 is 5.73 Å². The molecule has 5 heteroatoms. The van der Waals surface area contributed by atoms with Crippen LogP contribution in [0.1, 0.15) is 19.0 Å². The molecule has 14 heavy (non-hydrogen) atoms. The van der Waals surface area contributed by atoms with E-state index < -0.39 is 0 Å². The quantitative estimate of drug-likeness (QED) is 0.808. The first-order valence-electron chi connectivity index (χ1n) is 4.89. The van der Waals surface area contributed by atoms with Gasteiger partial charge in [-0.2, -0.15) is 8.75 Å². The number of hydrogen-bond donors (Lipinski definition) is 1. The fraction of sp³-hybridized carbons (Fsp3) is 0.778. The van der Waals surface area contributed by atoms with Crippen molar-refractivity contribution >= 4 is 11.7 Å². The van der Waals surface area contributed by atoms with Crippen molar-refractivity contribution in [3.05, 3.63) is 11.9 Å². The van der Waals surface area contributed by atoms with E-state index in [1.54, 1.807) is 6.20 Å². The molecule has 2 rings (SSSR count). The average Bonchev–Trinajstić information content (AvgIpc) is 2.75. The molecule has 1 aromatic rings. The molecule has 0 saturated carbocycles. The van der Waals surface area contributed by atoms with Crippen molar-refractivity contribution in [1.29, 1.82) is 0 Å². The van der Waals surface area contributed by atoms with Gasteiger partial charge in [0.2, 0.25) is 0 Å². The van der Waals surface area contributed by atoms with Crippen molar-refractivity contribution in [2.75, 3.05) is 6.61 Å². The highest BCUT2D eigenvalue weighted by molar-refractivity contribution is 6.99. The van der Waals surface area contributed by atoms with Crippen LogP contribution in [0.3, 0.4) is 0 Å². The summed E-state index contributed by atoms with van der Waals surface area (Å²) in [4.78, 5) is 0. The summed E-state index contributed by atoms with van der Waals surface area (Å²) in [6.45, 7) is 2.89. The molecule has 1 saturated heterocycles. The van der Waals surface area contributed by atoms with Crippen LogP contribution in [-0.4, -0.2) is 27.5 Å². The smallest absolute Gasteiger partial charge is 0.0758 e. The molecule has 1 aliphatic rings. The summed E-state index contributed by atoms with van der Waals surface area (Å²) in [5.74, 6) is 0.478. The lowest BCUT2D eigenvalue weighted by Gasteiger charge is -2.15. The Labute approximate surface area is 87.8 Å². The van der Waals surface area contributed by atoms with Gasteiger partial charge in [-0.3, -0.25) is 0 Å². The van der Waals surface area contributed by atoms with Crippen molar-refractivity contribution in [3.8, 4) is 0 Å². The van der Waals surface area contributed by atoms with E-state index in [0.717, 1.165) is 25.1 Å². The summed E-state index contributed by atoms with van der Waals surface area (Å²) < 4.78 is 13.6. The summed E-state index contributed by atoms with van der Waals surface area (Å²) >= 11 is 1.24. The molecule has 0 aliphatic carbocycles. The lowest BCUT2D eigenvalue weighted by Crippen LogP contribution is -2.32.